The monoisotopic (exact) mass is 302 g/mol. The maximum atomic E-state index is 12.2. The molecule has 0 aromatic heterocycles. The maximum absolute atomic E-state index is 12.2. The number of thioether (sulfide) groups is 1. The van der Waals surface area contributed by atoms with Crippen LogP contribution in [-0.2, 0) is 10.0 Å². The fourth-order valence-corrected chi connectivity index (χ4v) is 4.51. The molecule has 1 atom stereocenters. The van der Waals surface area contributed by atoms with E-state index >= 15 is 0 Å². The van der Waals surface area contributed by atoms with Gasteiger partial charge in [0.05, 0.1) is 7.11 Å². The molecule has 19 heavy (non-hydrogen) atoms. The molecular formula is C12H18N2O3S2. The molecule has 0 radical (unpaired) electrons. The van der Waals surface area contributed by atoms with Crippen LogP contribution in [0, 0.1) is 5.92 Å². The molecule has 3 N–H and O–H groups in total. The van der Waals surface area contributed by atoms with Gasteiger partial charge in [-0.05, 0) is 36.0 Å². The molecule has 1 saturated heterocycles. The molecule has 0 amide bonds. The Labute approximate surface area is 118 Å². The molecule has 0 saturated carbocycles. The van der Waals surface area contributed by atoms with Crippen LogP contribution in [0.15, 0.2) is 23.1 Å². The zero-order valence-corrected chi connectivity index (χ0v) is 12.4. The van der Waals surface area contributed by atoms with E-state index in [4.69, 9.17) is 10.5 Å². The van der Waals surface area contributed by atoms with Gasteiger partial charge in [-0.1, -0.05) is 0 Å². The second-order valence-corrected chi connectivity index (χ2v) is 7.38. The maximum Gasteiger partial charge on any atom is 0.244 e. The topological polar surface area (TPSA) is 81.4 Å². The third kappa shape index (κ3) is 3.55. The highest BCUT2D eigenvalue weighted by Gasteiger charge is 2.22. The number of nitrogens with one attached hydrogen (secondary N) is 1. The fraction of sp³-hybridized carbons (Fsp3) is 0.500. The summed E-state index contributed by atoms with van der Waals surface area (Å²) in [6.45, 7) is 0.475. The van der Waals surface area contributed by atoms with Gasteiger partial charge in [0.25, 0.3) is 0 Å². The molecule has 0 aliphatic carbocycles. The van der Waals surface area contributed by atoms with E-state index in [1.54, 1.807) is 6.07 Å². The highest BCUT2D eigenvalue weighted by Crippen LogP contribution is 2.27. The van der Waals surface area contributed by atoms with Crippen molar-refractivity contribution in [2.75, 3.05) is 30.9 Å². The number of nitrogens with two attached hydrogens (primary N) is 1. The van der Waals surface area contributed by atoms with Crippen molar-refractivity contribution in [2.24, 2.45) is 5.92 Å². The van der Waals surface area contributed by atoms with Crippen LogP contribution in [0.25, 0.3) is 0 Å². The number of nitrogen functional groups attached to an aromatic ring is 1. The number of benzene rings is 1. The van der Waals surface area contributed by atoms with Crippen molar-refractivity contribution in [3.8, 4) is 5.75 Å². The summed E-state index contributed by atoms with van der Waals surface area (Å²) in [4.78, 5) is 0.134. The average Bonchev–Trinajstić information content (AvgIpc) is 2.89. The lowest BCUT2D eigenvalue weighted by Crippen LogP contribution is -2.29. The van der Waals surface area contributed by atoms with Crippen molar-refractivity contribution < 1.29 is 13.2 Å². The fourth-order valence-electron chi connectivity index (χ4n) is 1.96. The Kier molecular flexibility index (Phi) is 4.59. The van der Waals surface area contributed by atoms with Gasteiger partial charge >= 0.3 is 0 Å². The molecule has 1 unspecified atom stereocenters. The first kappa shape index (κ1) is 14.5. The summed E-state index contributed by atoms with van der Waals surface area (Å²) in [6.07, 6.45) is 1.06. The van der Waals surface area contributed by atoms with E-state index < -0.39 is 10.0 Å². The molecular weight excluding hydrogens is 284 g/mol. The molecule has 1 aromatic rings. The van der Waals surface area contributed by atoms with Gasteiger partial charge in [0.15, 0.2) is 0 Å². The van der Waals surface area contributed by atoms with Gasteiger partial charge < -0.3 is 10.5 Å². The van der Waals surface area contributed by atoms with E-state index in [9.17, 15) is 8.42 Å². The van der Waals surface area contributed by atoms with Crippen molar-refractivity contribution in [1.82, 2.24) is 4.72 Å². The first-order valence-corrected chi connectivity index (χ1v) is 8.67. The average molecular weight is 302 g/mol. The van der Waals surface area contributed by atoms with Crippen LogP contribution < -0.4 is 15.2 Å². The molecule has 0 spiro atoms. The Balaban J connectivity index is 2.14. The summed E-state index contributed by atoms with van der Waals surface area (Å²) in [7, 11) is -2.12. The van der Waals surface area contributed by atoms with Crippen molar-refractivity contribution in [3.05, 3.63) is 18.2 Å². The van der Waals surface area contributed by atoms with Gasteiger partial charge in [-0.15, -0.1) is 0 Å². The van der Waals surface area contributed by atoms with Crippen LogP contribution >= 0.6 is 11.8 Å². The van der Waals surface area contributed by atoms with Crippen LogP contribution in [0.5, 0.6) is 5.75 Å². The minimum absolute atomic E-state index is 0.134. The third-order valence-corrected chi connectivity index (χ3v) is 5.76. The number of ether oxygens (including phenoxy) is 1. The second-order valence-electron chi connectivity index (χ2n) is 4.49. The SMILES string of the molecule is COc1cc(N)ccc1S(=O)(=O)NCC1CCSC1. The lowest BCUT2D eigenvalue weighted by atomic mass is 10.1. The normalized spacial score (nSPS) is 19.5. The lowest BCUT2D eigenvalue weighted by Gasteiger charge is -2.13. The zero-order chi connectivity index (χ0) is 13.9. The van der Waals surface area contributed by atoms with Crippen LogP contribution in [0.4, 0.5) is 5.69 Å². The van der Waals surface area contributed by atoms with Crippen molar-refractivity contribution >= 4 is 27.5 Å². The molecule has 7 heteroatoms. The summed E-state index contributed by atoms with van der Waals surface area (Å²) >= 11 is 1.86. The first-order chi connectivity index (χ1) is 9.03. The highest BCUT2D eigenvalue weighted by molar-refractivity contribution is 7.99. The number of anilines is 1. The molecule has 1 heterocycles. The van der Waals surface area contributed by atoms with E-state index in [1.807, 2.05) is 11.8 Å². The zero-order valence-electron chi connectivity index (χ0n) is 10.8. The summed E-state index contributed by atoms with van der Waals surface area (Å²) in [5.74, 6) is 2.81. The van der Waals surface area contributed by atoms with E-state index in [2.05, 4.69) is 4.72 Å². The van der Waals surface area contributed by atoms with Crippen LogP contribution in [-0.4, -0.2) is 33.6 Å². The lowest BCUT2D eigenvalue weighted by molar-refractivity contribution is 0.402. The largest absolute Gasteiger partial charge is 0.495 e. The number of hydrogen-bond acceptors (Lipinski definition) is 5. The van der Waals surface area contributed by atoms with E-state index in [0.717, 1.165) is 17.9 Å². The quantitative estimate of drug-likeness (QED) is 0.802. The number of methoxy groups -OCH3 is 1. The molecule has 1 fully saturated rings. The van der Waals surface area contributed by atoms with E-state index in [1.165, 1.54) is 19.2 Å². The van der Waals surface area contributed by atoms with E-state index in [0.29, 0.717) is 18.2 Å². The Bertz CT molecular complexity index is 540. The Morgan fingerprint density at radius 2 is 2.32 bits per heavy atom. The summed E-state index contributed by atoms with van der Waals surface area (Å²) in [5.41, 5.74) is 6.10. The molecule has 1 aromatic carbocycles. The molecule has 0 bridgehead atoms. The highest BCUT2D eigenvalue weighted by atomic mass is 32.2. The Morgan fingerprint density at radius 3 is 2.95 bits per heavy atom. The van der Waals surface area contributed by atoms with Crippen LogP contribution in [0.1, 0.15) is 6.42 Å². The minimum Gasteiger partial charge on any atom is -0.495 e. The van der Waals surface area contributed by atoms with Gasteiger partial charge in [0, 0.05) is 18.3 Å². The Hall–Kier alpha value is -0.920. The predicted octanol–water partition coefficient (Wildman–Crippen LogP) is 1.31. The van der Waals surface area contributed by atoms with Gasteiger partial charge in [0.1, 0.15) is 10.6 Å². The number of rotatable bonds is 5. The van der Waals surface area contributed by atoms with Crippen LogP contribution in [0.2, 0.25) is 0 Å². The second kappa shape index (κ2) is 6.02. The number of sulfonamides is 1. The number of hydrogen-bond donors (Lipinski definition) is 2. The predicted molar refractivity (Wildman–Crippen MR) is 78.0 cm³/mol. The van der Waals surface area contributed by atoms with Crippen molar-refractivity contribution in [1.29, 1.82) is 0 Å². The third-order valence-electron chi connectivity index (χ3n) is 3.06. The molecule has 5 nitrogen and oxygen atoms in total. The smallest absolute Gasteiger partial charge is 0.244 e. The standard InChI is InChI=1S/C12H18N2O3S2/c1-17-11-6-10(13)2-3-12(11)19(15,16)14-7-9-4-5-18-8-9/h2-3,6,9,14H,4-5,7-8,13H2,1H3. The van der Waals surface area contributed by atoms with Gasteiger partial charge in [-0.25, -0.2) is 13.1 Å². The molecule has 106 valence electrons. The first-order valence-electron chi connectivity index (χ1n) is 6.04. The minimum atomic E-state index is -3.55. The van der Waals surface area contributed by atoms with Gasteiger partial charge in [-0.2, -0.15) is 11.8 Å². The van der Waals surface area contributed by atoms with E-state index in [-0.39, 0.29) is 10.6 Å². The summed E-state index contributed by atoms with van der Waals surface area (Å²) in [6, 6.07) is 4.54. The summed E-state index contributed by atoms with van der Waals surface area (Å²) in [5, 5.41) is 0. The molecule has 1 aliphatic rings. The Morgan fingerprint density at radius 1 is 1.53 bits per heavy atom. The van der Waals surface area contributed by atoms with Crippen molar-refractivity contribution in [3.63, 3.8) is 0 Å². The van der Waals surface area contributed by atoms with Gasteiger partial charge in [-0.3, -0.25) is 0 Å². The molecule has 2 rings (SSSR count). The van der Waals surface area contributed by atoms with Crippen LogP contribution in [0.3, 0.4) is 0 Å². The van der Waals surface area contributed by atoms with Crippen molar-refractivity contribution in [2.45, 2.75) is 11.3 Å². The van der Waals surface area contributed by atoms with Gasteiger partial charge in [0.2, 0.25) is 10.0 Å². The molecule has 1 aliphatic heterocycles. The summed E-state index contributed by atoms with van der Waals surface area (Å²) < 4.78 is 32.2.